The second-order valence-corrected chi connectivity index (χ2v) is 6.33. The van der Waals surface area contributed by atoms with Gasteiger partial charge < -0.3 is 15.0 Å². The molecule has 0 saturated carbocycles. The van der Waals surface area contributed by atoms with Crippen LogP contribution in [0.15, 0.2) is 12.5 Å². The normalized spacial score (nSPS) is 18.6. The van der Waals surface area contributed by atoms with Gasteiger partial charge in [0.05, 0.1) is 11.0 Å². The van der Waals surface area contributed by atoms with Crippen molar-refractivity contribution in [1.29, 1.82) is 0 Å². The van der Waals surface area contributed by atoms with Crippen molar-refractivity contribution in [2.24, 2.45) is 5.92 Å². The lowest BCUT2D eigenvalue weighted by atomic mass is 9.81. The summed E-state index contributed by atoms with van der Waals surface area (Å²) in [6, 6.07) is 0. The van der Waals surface area contributed by atoms with Crippen molar-refractivity contribution in [2.75, 3.05) is 18.0 Å². The third kappa shape index (κ3) is 2.39. The highest BCUT2D eigenvalue weighted by atomic mass is 16.3. The fraction of sp³-hybridized carbons (Fsp3) is 0.625. The number of aromatic amines is 1. The molecule has 3 heterocycles. The molecule has 5 heteroatoms. The third-order valence-electron chi connectivity index (χ3n) is 4.92. The van der Waals surface area contributed by atoms with Gasteiger partial charge in [0, 0.05) is 19.3 Å². The van der Waals surface area contributed by atoms with Crippen LogP contribution in [0.2, 0.25) is 0 Å². The standard InChI is InChI=1S/C16H24N4O/c1-4-12-9-17-14-13(12)15(19-10-18-14)20-7-5-16(21,6-8-20)11(2)3/h9-11,21H,4-8H2,1-3H3,(H,17,18,19). The lowest BCUT2D eigenvalue weighted by Crippen LogP contribution is -2.47. The molecule has 2 N–H and O–H groups in total. The first kappa shape index (κ1) is 14.3. The number of H-pyrrole nitrogens is 1. The van der Waals surface area contributed by atoms with Gasteiger partial charge in [-0.1, -0.05) is 20.8 Å². The number of rotatable bonds is 3. The van der Waals surface area contributed by atoms with Crippen molar-refractivity contribution in [3.8, 4) is 0 Å². The number of aromatic nitrogens is 3. The second-order valence-electron chi connectivity index (χ2n) is 6.33. The van der Waals surface area contributed by atoms with Crippen LogP contribution in [0.3, 0.4) is 0 Å². The summed E-state index contributed by atoms with van der Waals surface area (Å²) in [5.41, 5.74) is 1.63. The molecule has 0 radical (unpaired) electrons. The molecule has 0 aromatic carbocycles. The predicted molar refractivity (Wildman–Crippen MR) is 84.5 cm³/mol. The molecule has 114 valence electrons. The van der Waals surface area contributed by atoms with Gasteiger partial charge in [0.15, 0.2) is 0 Å². The summed E-state index contributed by atoms with van der Waals surface area (Å²) in [5, 5.41) is 11.8. The molecule has 5 nitrogen and oxygen atoms in total. The summed E-state index contributed by atoms with van der Waals surface area (Å²) in [6.45, 7) is 8.02. The molecule has 1 saturated heterocycles. The summed E-state index contributed by atoms with van der Waals surface area (Å²) >= 11 is 0. The summed E-state index contributed by atoms with van der Waals surface area (Å²) in [4.78, 5) is 14.3. The highest BCUT2D eigenvalue weighted by Crippen LogP contribution is 2.34. The van der Waals surface area contributed by atoms with Crippen LogP contribution in [0.4, 0.5) is 5.82 Å². The quantitative estimate of drug-likeness (QED) is 0.911. The Bertz CT molecular complexity index is 626. The summed E-state index contributed by atoms with van der Waals surface area (Å²) in [5.74, 6) is 1.30. The molecule has 0 unspecified atom stereocenters. The Hall–Kier alpha value is -1.62. The van der Waals surface area contributed by atoms with Crippen molar-refractivity contribution in [3.05, 3.63) is 18.1 Å². The van der Waals surface area contributed by atoms with Crippen molar-refractivity contribution in [1.82, 2.24) is 15.0 Å². The molecule has 2 aromatic rings. The number of aliphatic hydroxyl groups is 1. The van der Waals surface area contributed by atoms with Crippen molar-refractivity contribution >= 4 is 16.9 Å². The first-order valence-electron chi connectivity index (χ1n) is 7.83. The Morgan fingerprint density at radius 3 is 2.67 bits per heavy atom. The maximum atomic E-state index is 10.6. The zero-order valence-corrected chi connectivity index (χ0v) is 13.1. The van der Waals surface area contributed by atoms with Crippen LogP contribution in [0, 0.1) is 5.92 Å². The van der Waals surface area contributed by atoms with Gasteiger partial charge in [0.25, 0.3) is 0 Å². The fourth-order valence-electron chi connectivity index (χ4n) is 3.21. The van der Waals surface area contributed by atoms with E-state index in [9.17, 15) is 5.11 Å². The van der Waals surface area contributed by atoms with E-state index < -0.39 is 5.60 Å². The molecule has 2 aromatic heterocycles. The van der Waals surface area contributed by atoms with Gasteiger partial charge in [-0.15, -0.1) is 0 Å². The van der Waals surface area contributed by atoms with E-state index >= 15 is 0 Å². The van der Waals surface area contributed by atoms with Gasteiger partial charge in [0.1, 0.15) is 17.8 Å². The van der Waals surface area contributed by atoms with Crippen LogP contribution >= 0.6 is 0 Å². The van der Waals surface area contributed by atoms with Gasteiger partial charge in [-0.2, -0.15) is 0 Å². The van der Waals surface area contributed by atoms with E-state index in [0.29, 0.717) is 5.92 Å². The molecule has 21 heavy (non-hydrogen) atoms. The molecule has 1 fully saturated rings. The molecule has 1 aliphatic heterocycles. The highest BCUT2D eigenvalue weighted by Gasteiger charge is 2.35. The summed E-state index contributed by atoms with van der Waals surface area (Å²) in [6.07, 6.45) is 6.20. The van der Waals surface area contributed by atoms with E-state index in [4.69, 9.17) is 0 Å². The third-order valence-corrected chi connectivity index (χ3v) is 4.92. The number of anilines is 1. The van der Waals surface area contributed by atoms with Gasteiger partial charge in [-0.05, 0) is 30.7 Å². The monoisotopic (exact) mass is 288 g/mol. The van der Waals surface area contributed by atoms with Crippen LogP contribution in [-0.4, -0.2) is 38.7 Å². The number of hydrogen-bond donors (Lipinski definition) is 2. The van der Waals surface area contributed by atoms with E-state index in [2.05, 4.69) is 40.6 Å². The van der Waals surface area contributed by atoms with E-state index in [0.717, 1.165) is 49.2 Å². The molecule has 0 bridgehead atoms. The maximum absolute atomic E-state index is 10.6. The summed E-state index contributed by atoms with van der Waals surface area (Å²) in [7, 11) is 0. The molecule has 0 aliphatic carbocycles. The molecule has 0 atom stereocenters. The first-order valence-corrected chi connectivity index (χ1v) is 7.83. The van der Waals surface area contributed by atoms with Gasteiger partial charge >= 0.3 is 0 Å². The smallest absolute Gasteiger partial charge is 0.143 e. The fourth-order valence-corrected chi connectivity index (χ4v) is 3.21. The highest BCUT2D eigenvalue weighted by molar-refractivity contribution is 5.90. The van der Waals surface area contributed by atoms with Crippen LogP contribution in [0.5, 0.6) is 0 Å². The molecule has 0 amide bonds. The number of hydrogen-bond acceptors (Lipinski definition) is 4. The first-order chi connectivity index (χ1) is 10.0. The zero-order valence-electron chi connectivity index (χ0n) is 13.1. The topological polar surface area (TPSA) is 65.0 Å². The Labute approximate surface area is 125 Å². The SMILES string of the molecule is CCc1c[nH]c2ncnc(N3CCC(O)(C(C)C)CC3)c12. The van der Waals surface area contributed by atoms with Crippen LogP contribution in [0.1, 0.15) is 39.2 Å². The van der Waals surface area contributed by atoms with Crippen molar-refractivity contribution < 1.29 is 5.11 Å². The molecular formula is C16H24N4O. The number of piperidine rings is 1. The van der Waals surface area contributed by atoms with Crippen LogP contribution in [0.25, 0.3) is 11.0 Å². The largest absolute Gasteiger partial charge is 0.389 e. The minimum atomic E-state index is -0.533. The summed E-state index contributed by atoms with van der Waals surface area (Å²) < 4.78 is 0. The molecule has 1 aliphatic rings. The van der Waals surface area contributed by atoms with Gasteiger partial charge in [-0.3, -0.25) is 0 Å². The minimum Gasteiger partial charge on any atom is -0.389 e. The van der Waals surface area contributed by atoms with Crippen molar-refractivity contribution in [2.45, 2.75) is 45.6 Å². The van der Waals surface area contributed by atoms with Crippen LogP contribution in [-0.2, 0) is 6.42 Å². The predicted octanol–water partition coefficient (Wildman–Crippen LogP) is 2.51. The zero-order chi connectivity index (χ0) is 15.0. The van der Waals surface area contributed by atoms with E-state index in [-0.39, 0.29) is 0 Å². The average molecular weight is 288 g/mol. The number of nitrogens with one attached hydrogen (secondary N) is 1. The lowest BCUT2D eigenvalue weighted by Gasteiger charge is -2.41. The molecular weight excluding hydrogens is 264 g/mol. The van der Waals surface area contributed by atoms with E-state index in [1.807, 2.05) is 6.20 Å². The number of nitrogens with zero attached hydrogens (tertiary/aromatic N) is 3. The average Bonchev–Trinajstić information content (AvgIpc) is 2.91. The Morgan fingerprint density at radius 1 is 1.33 bits per heavy atom. The Balaban J connectivity index is 1.91. The minimum absolute atomic E-state index is 0.295. The Morgan fingerprint density at radius 2 is 2.05 bits per heavy atom. The lowest BCUT2D eigenvalue weighted by molar-refractivity contribution is -0.0262. The number of aryl methyl sites for hydroxylation is 1. The van der Waals surface area contributed by atoms with Crippen molar-refractivity contribution in [3.63, 3.8) is 0 Å². The Kier molecular flexibility index (Phi) is 3.61. The van der Waals surface area contributed by atoms with E-state index in [1.165, 1.54) is 5.56 Å². The maximum Gasteiger partial charge on any atom is 0.143 e. The van der Waals surface area contributed by atoms with Gasteiger partial charge in [-0.25, -0.2) is 9.97 Å². The molecule has 3 rings (SSSR count). The van der Waals surface area contributed by atoms with Gasteiger partial charge in [0.2, 0.25) is 0 Å². The molecule has 0 spiro atoms. The van der Waals surface area contributed by atoms with E-state index in [1.54, 1.807) is 6.33 Å². The second kappa shape index (κ2) is 5.30. The van der Waals surface area contributed by atoms with Crippen LogP contribution < -0.4 is 4.90 Å². The number of fused-ring (bicyclic) bond motifs is 1.